The highest BCUT2D eigenvalue weighted by atomic mass is 32.1. The number of nitrogens with zero attached hydrogens (tertiary/aromatic N) is 4. The molecule has 1 aliphatic heterocycles. The van der Waals surface area contributed by atoms with Crippen molar-refractivity contribution in [2.75, 3.05) is 20.8 Å². The number of thiazole rings is 1. The predicted molar refractivity (Wildman–Crippen MR) is 126 cm³/mol. The van der Waals surface area contributed by atoms with Gasteiger partial charge in [-0.1, -0.05) is 12.1 Å². The molecule has 0 spiro atoms. The molecular weight excluding hydrogens is 456 g/mol. The highest BCUT2D eigenvalue weighted by Gasteiger charge is 2.45. The summed E-state index contributed by atoms with van der Waals surface area (Å²) >= 11 is 1.24. The number of rotatable bonds is 9. The summed E-state index contributed by atoms with van der Waals surface area (Å²) in [5.74, 6) is -0.690. The number of aliphatic hydroxyl groups is 1. The van der Waals surface area contributed by atoms with Gasteiger partial charge in [-0.25, -0.2) is 9.97 Å². The molecule has 0 radical (unpaired) electrons. The number of ether oxygens (including phenoxy) is 2. The topological polar surface area (TPSA) is 107 Å². The summed E-state index contributed by atoms with van der Waals surface area (Å²) in [7, 11) is 3.02. The van der Waals surface area contributed by atoms with E-state index in [2.05, 4.69) is 9.97 Å². The second-order valence-electron chi connectivity index (χ2n) is 7.88. The quantitative estimate of drug-likeness (QED) is 0.464. The van der Waals surface area contributed by atoms with Crippen LogP contribution in [-0.4, -0.2) is 57.0 Å². The maximum Gasteiger partial charge on any atom is 0.290 e. The first-order valence-electron chi connectivity index (χ1n) is 10.8. The number of Topliss-reactive ketones (excluding diaryl/α,β-unsaturated/α-hetero) is 1. The second kappa shape index (κ2) is 9.68. The molecule has 0 saturated carbocycles. The third-order valence-electron chi connectivity index (χ3n) is 5.76. The van der Waals surface area contributed by atoms with Gasteiger partial charge in [0.1, 0.15) is 0 Å². The largest absolute Gasteiger partial charge is 0.503 e. The Balaban J connectivity index is 1.78. The Hall–Kier alpha value is -3.66. The SMILES string of the molecule is COc1cccc([C@@H]2C(C(=O)c3sc(C)nc3C)=C(O)C(=O)N2CCCn2ccnc2)c1OC. The van der Waals surface area contributed by atoms with E-state index in [1.807, 2.05) is 17.7 Å². The number of aryl methyl sites for hydroxylation is 3. The fraction of sp³-hybridized carbons (Fsp3) is 0.333. The maximum absolute atomic E-state index is 13.7. The van der Waals surface area contributed by atoms with E-state index in [0.29, 0.717) is 47.1 Å². The van der Waals surface area contributed by atoms with Crippen LogP contribution < -0.4 is 9.47 Å². The van der Waals surface area contributed by atoms with Gasteiger partial charge in [-0.05, 0) is 26.3 Å². The van der Waals surface area contributed by atoms with Crippen LogP contribution >= 0.6 is 11.3 Å². The molecule has 0 unspecified atom stereocenters. The van der Waals surface area contributed by atoms with Crippen LogP contribution in [0.3, 0.4) is 0 Å². The number of carbonyl (C=O) groups is 2. The van der Waals surface area contributed by atoms with E-state index in [-0.39, 0.29) is 5.57 Å². The van der Waals surface area contributed by atoms with E-state index in [9.17, 15) is 14.7 Å². The van der Waals surface area contributed by atoms with Crippen molar-refractivity contribution in [3.63, 3.8) is 0 Å². The van der Waals surface area contributed by atoms with Crippen molar-refractivity contribution in [2.24, 2.45) is 0 Å². The molecule has 9 nitrogen and oxygen atoms in total. The van der Waals surface area contributed by atoms with Crippen LogP contribution in [0.5, 0.6) is 11.5 Å². The number of ketones is 1. The maximum atomic E-state index is 13.7. The molecule has 0 aliphatic carbocycles. The molecule has 178 valence electrons. The Morgan fingerprint density at radius 1 is 1.21 bits per heavy atom. The van der Waals surface area contributed by atoms with Gasteiger partial charge >= 0.3 is 0 Å². The molecule has 34 heavy (non-hydrogen) atoms. The summed E-state index contributed by atoms with van der Waals surface area (Å²) in [6, 6.07) is 4.45. The van der Waals surface area contributed by atoms with Crippen LogP contribution in [0.1, 0.15) is 38.4 Å². The fourth-order valence-corrected chi connectivity index (χ4v) is 5.15. The number of hydrogen-bond donors (Lipinski definition) is 1. The van der Waals surface area contributed by atoms with E-state index in [1.165, 1.54) is 30.5 Å². The van der Waals surface area contributed by atoms with Crippen LogP contribution in [0.25, 0.3) is 0 Å². The molecule has 1 N–H and O–H groups in total. The molecule has 10 heteroatoms. The number of aliphatic hydroxyl groups excluding tert-OH is 1. The first kappa shape index (κ1) is 23.5. The average molecular weight is 483 g/mol. The van der Waals surface area contributed by atoms with Gasteiger partial charge in [-0.3, -0.25) is 9.59 Å². The molecule has 1 atom stereocenters. The van der Waals surface area contributed by atoms with Crippen LogP contribution in [-0.2, 0) is 11.3 Å². The van der Waals surface area contributed by atoms with Gasteiger partial charge in [0.15, 0.2) is 17.3 Å². The van der Waals surface area contributed by atoms with Crippen LogP contribution in [0.4, 0.5) is 0 Å². The van der Waals surface area contributed by atoms with E-state index >= 15 is 0 Å². The molecule has 3 aromatic rings. The van der Waals surface area contributed by atoms with E-state index in [4.69, 9.17) is 9.47 Å². The summed E-state index contributed by atoms with van der Waals surface area (Å²) in [5.41, 5.74) is 1.14. The Morgan fingerprint density at radius 3 is 2.62 bits per heavy atom. The van der Waals surface area contributed by atoms with Gasteiger partial charge in [0.25, 0.3) is 5.91 Å². The monoisotopic (exact) mass is 482 g/mol. The Morgan fingerprint density at radius 2 is 2.00 bits per heavy atom. The zero-order chi connectivity index (χ0) is 24.4. The van der Waals surface area contributed by atoms with Crippen molar-refractivity contribution in [2.45, 2.75) is 32.9 Å². The van der Waals surface area contributed by atoms with Crippen LogP contribution in [0, 0.1) is 13.8 Å². The van der Waals surface area contributed by atoms with Crippen molar-refractivity contribution in [3.05, 3.63) is 69.4 Å². The third kappa shape index (κ3) is 4.16. The number of hydrogen-bond acceptors (Lipinski definition) is 8. The first-order chi connectivity index (χ1) is 16.4. The highest BCUT2D eigenvalue weighted by molar-refractivity contribution is 7.14. The average Bonchev–Trinajstić information content (AvgIpc) is 3.53. The van der Waals surface area contributed by atoms with Gasteiger partial charge in [0, 0.05) is 31.0 Å². The lowest BCUT2D eigenvalue weighted by Crippen LogP contribution is -2.33. The van der Waals surface area contributed by atoms with E-state index in [0.717, 1.165) is 5.01 Å². The van der Waals surface area contributed by atoms with E-state index in [1.54, 1.807) is 37.6 Å². The summed E-state index contributed by atoms with van der Waals surface area (Å²) in [5, 5.41) is 11.7. The summed E-state index contributed by atoms with van der Waals surface area (Å²) in [4.78, 5) is 37.2. The molecular formula is C24H26N4O5S. The Labute approximate surface area is 201 Å². The highest BCUT2D eigenvalue weighted by Crippen LogP contribution is 2.45. The normalized spacial score (nSPS) is 15.8. The molecule has 0 saturated heterocycles. The van der Waals surface area contributed by atoms with Crippen molar-refractivity contribution < 1.29 is 24.2 Å². The van der Waals surface area contributed by atoms with Crippen molar-refractivity contribution in [3.8, 4) is 11.5 Å². The molecule has 1 aliphatic rings. The number of carbonyl (C=O) groups excluding carboxylic acids is 2. The van der Waals surface area contributed by atoms with Gasteiger partial charge in [0.2, 0.25) is 5.78 Å². The third-order valence-corrected chi connectivity index (χ3v) is 6.83. The molecule has 3 heterocycles. The van der Waals surface area contributed by atoms with Crippen LogP contribution in [0.15, 0.2) is 48.3 Å². The molecule has 4 rings (SSSR count). The van der Waals surface area contributed by atoms with Crippen LogP contribution in [0.2, 0.25) is 0 Å². The minimum atomic E-state index is -0.838. The van der Waals surface area contributed by atoms with Gasteiger partial charge < -0.3 is 24.0 Å². The molecule has 1 aromatic carbocycles. The number of amides is 1. The summed E-state index contributed by atoms with van der Waals surface area (Å²) in [6.45, 7) is 4.50. The zero-order valence-corrected chi connectivity index (χ0v) is 20.3. The number of aromatic nitrogens is 3. The smallest absolute Gasteiger partial charge is 0.290 e. The summed E-state index contributed by atoms with van der Waals surface area (Å²) in [6.07, 6.45) is 5.83. The molecule has 0 bridgehead atoms. The molecule has 1 amide bonds. The minimum absolute atomic E-state index is 0.0194. The van der Waals surface area contributed by atoms with Gasteiger partial charge in [0.05, 0.1) is 47.7 Å². The standard InChI is InChI=1S/C24H26N4O5S/c1-14-23(34-15(2)26-14)20(29)18-19(16-7-5-8-17(32-3)22(16)33-4)28(24(31)21(18)30)11-6-10-27-12-9-25-13-27/h5,7-9,12-13,19,30H,6,10-11H2,1-4H3/t19-/m1/s1. The Kier molecular flexibility index (Phi) is 6.69. The predicted octanol–water partition coefficient (Wildman–Crippen LogP) is 3.64. The zero-order valence-electron chi connectivity index (χ0n) is 19.4. The van der Waals surface area contributed by atoms with E-state index < -0.39 is 23.5 Å². The second-order valence-corrected chi connectivity index (χ2v) is 9.08. The van der Waals surface area contributed by atoms with Crippen molar-refractivity contribution in [1.29, 1.82) is 0 Å². The first-order valence-corrected chi connectivity index (χ1v) is 11.6. The van der Waals surface area contributed by atoms with Crippen molar-refractivity contribution in [1.82, 2.24) is 19.4 Å². The number of methoxy groups -OCH3 is 2. The lowest BCUT2D eigenvalue weighted by Gasteiger charge is -2.28. The lowest BCUT2D eigenvalue weighted by molar-refractivity contribution is -0.129. The van der Waals surface area contributed by atoms with Gasteiger partial charge in [-0.15, -0.1) is 11.3 Å². The fourth-order valence-electron chi connectivity index (χ4n) is 4.27. The number of benzene rings is 1. The minimum Gasteiger partial charge on any atom is -0.503 e. The Bertz CT molecular complexity index is 1250. The number of imidazole rings is 1. The van der Waals surface area contributed by atoms with Gasteiger partial charge in [-0.2, -0.15) is 0 Å². The number of para-hydroxylation sites is 1. The molecule has 0 fully saturated rings. The summed E-state index contributed by atoms with van der Waals surface area (Å²) < 4.78 is 13.0. The lowest BCUT2D eigenvalue weighted by atomic mass is 9.94. The molecule has 2 aromatic heterocycles. The van der Waals surface area contributed by atoms with Crippen molar-refractivity contribution >= 4 is 23.0 Å².